The second-order valence-corrected chi connectivity index (χ2v) is 7.67. The molecule has 1 aliphatic carbocycles. The highest BCUT2D eigenvalue weighted by Crippen LogP contribution is 2.50. The van der Waals surface area contributed by atoms with E-state index in [4.69, 9.17) is 11.6 Å². The van der Waals surface area contributed by atoms with Crippen LogP contribution < -0.4 is 0 Å². The van der Waals surface area contributed by atoms with Gasteiger partial charge in [0.15, 0.2) is 0 Å². The molecule has 0 atom stereocenters. The fraction of sp³-hybridized carbons (Fsp3) is 0.188. The van der Waals surface area contributed by atoms with Gasteiger partial charge in [0.05, 0.1) is 4.24 Å². The van der Waals surface area contributed by atoms with E-state index in [9.17, 15) is 0 Å². The van der Waals surface area contributed by atoms with Crippen LogP contribution in [0.25, 0.3) is 5.57 Å². The van der Waals surface area contributed by atoms with Crippen molar-refractivity contribution in [1.82, 2.24) is 4.98 Å². The fourth-order valence-corrected chi connectivity index (χ4v) is 4.09. The molecule has 1 fully saturated rings. The number of pyridine rings is 1. The van der Waals surface area contributed by atoms with E-state index in [0.717, 1.165) is 28.5 Å². The van der Waals surface area contributed by atoms with Gasteiger partial charge in [0.25, 0.3) is 0 Å². The van der Waals surface area contributed by atoms with Gasteiger partial charge in [-0.3, -0.25) is 4.98 Å². The average molecular weight is 320 g/mol. The molecule has 0 unspecified atom stereocenters. The topological polar surface area (TPSA) is 12.9 Å². The van der Waals surface area contributed by atoms with Gasteiger partial charge in [-0.25, -0.2) is 0 Å². The first-order valence-electron chi connectivity index (χ1n) is 6.41. The Hall–Kier alpha value is -0.900. The SMILES string of the molecule is C=C(C1=CC=C(Cl)CC1)C(=C1SCS1)c1ccncc1. The molecule has 0 spiro atoms. The lowest BCUT2D eigenvalue weighted by atomic mass is 9.90. The summed E-state index contributed by atoms with van der Waals surface area (Å²) in [4.78, 5) is 4.11. The first-order valence-corrected chi connectivity index (χ1v) is 8.76. The van der Waals surface area contributed by atoms with E-state index in [1.165, 1.54) is 20.9 Å². The summed E-state index contributed by atoms with van der Waals surface area (Å²) in [5, 5.41) is 2.05. The summed E-state index contributed by atoms with van der Waals surface area (Å²) in [7, 11) is 0. The Morgan fingerprint density at radius 1 is 1.15 bits per heavy atom. The summed E-state index contributed by atoms with van der Waals surface area (Å²) in [5.41, 5.74) is 4.85. The van der Waals surface area contributed by atoms with Crippen LogP contribution >= 0.6 is 35.1 Å². The number of rotatable bonds is 3. The normalized spacial score (nSPS) is 17.9. The van der Waals surface area contributed by atoms with E-state index in [1.807, 2.05) is 42.0 Å². The molecule has 102 valence electrons. The third-order valence-electron chi connectivity index (χ3n) is 3.34. The molecular weight excluding hydrogens is 306 g/mol. The van der Waals surface area contributed by atoms with Crippen LogP contribution in [0.4, 0.5) is 0 Å². The minimum absolute atomic E-state index is 0.908. The lowest BCUT2D eigenvalue weighted by molar-refractivity contribution is 0.965. The van der Waals surface area contributed by atoms with Crippen LogP contribution in [-0.2, 0) is 0 Å². The van der Waals surface area contributed by atoms with Gasteiger partial charge in [-0.05, 0) is 47.8 Å². The van der Waals surface area contributed by atoms with E-state index in [-0.39, 0.29) is 0 Å². The molecule has 0 amide bonds. The van der Waals surface area contributed by atoms with Crippen molar-refractivity contribution in [3.8, 4) is 0 Å². The third kappa shape index (κ3) is 2.90. The predicted molar refractivity (Wildman–Crippen MR) is 91.6 cm³/mol. The zero-order chi connectivity index (χ0) is 13.9. The lowest BCUT2D eigenvalue weighted by Crippen LogP contribution is -2.01. The van der Waals surface area contributed by atoms with Gasteiger partial charge in [-0.1, -0.05) is 24.3 Å². The first kappa shape index (κ1) is 14.1. The minimum Gasteiger partial charge on any atom is -0.265 e. The Kier molecular flexibility index (Phi) is 4.39. The standard InChI is InChI=1S/C16H14ClNS2/c1-11(12-2-4-14(17)5-3-12)15(16-19-10-20-16)13-6-8-18-9-7-13/h2,4,6-9H,1,3,5,10H2. The first-order chi connectivity index (χ1) is 9.75. The van der Waals surface area contributed by atoms with E-state index < -0.39 is 0 Å². The minimum atomic E-state index is 0.908. The number of hydrogen-bond acceptors (Lipinski definition) is 3. The number of hydrogen-bond donors (Lipinski definition) is 0. The molecule has 1 aliphatic heterocycles. The van der Waals surface area contributed by atoms with E-state index in [1.54, 1.807) is 0 Å². The van der Waals surface area contributed by atoms with Crippen LogP contribution in [0.15, 0.2) is 63.7 Å². The second kappa shape index (κ2) is 6.25. The molecule has 1 aromatic heterocycles. The van der Waals surface area contributed by atoms with Gasteiger partial charge in [0.2, 0.25) is 0 Å². The smallest absolute Gasteiger partial charge is 0.0502 e. The number of allylic oxidation sites excluding steroid dienone is 6. The van der Waals surface area contributed by atoms with E-state index >= 15 is 0 Å². The van der Waals surface area contributed by atoms with E-state index in [0.29, 0.717) is 0 Å². The fourth-order valence-electron chi connectivity index (χ4n) is 2.22. The molecule has 0 bridgehead atoms. The van der Waals surface area contributed by atoms with Crippen LogP contribution in [0.3, 0.4) is 0 Å². The molecule has 0 radical (unpaired) electrons. The van der Waals surface area contributed by atoms with Crippen molar-refractivity contribution >= 4 is 40.7 Å². The Balaban J connectivity index is 1.98. The number of aromatic nitrogens is 1. The summed E-state index contributed by atoms with van der Waals surface area (Å²) in [6.45, 7) is 4.34. The zero-order valence-corrected chi connectivity index (χ0v) is 13.3. The summed E-state index contributed by atoms with van der Waals surface area (Å²) in [6, 6.07) is 4.11. The van der Waals surface area contributed by atoms with Crippen LogP contribution in [0.5, 0.6) is 0 Å². The van der Waals surface area contributed by atoms with Crippen LogP contribution in [-0.4, -0.2) is 10.1 Å². The van der Waals surface area contributed by atoms with Crippen molar-refractivity contribution in [2.75, 3.05) is 5.08 Å². The average Bonchev–Trinajstić information content (AvgIpc) is 2.44. The van der Waals surface area contributed by atoms with Gasteiger partial charge in [-0.2, -0.15) is 0 Å². The number of nitrogens with zero attached hydrogens (tertiary/aromatic N) is 1. The van der Waals surface area contributed by atoms with Gasteiger partial charge in [0.1, 0.15) is 0 Å². The molecule has 2 aliphatic rings. The molecule has 2 heterocycles. The van der Waals surface area contributed by atoms with Crippen molar-refractivity contribution in [3.05, 3.63) is 69.2 Å². The summed E-state index contributed by atoms with van der Waals surface area (Å²) in [5.74, 6) is 0. The number of thioether (sulfide) groups is 2. The highest BCUT2D eigenvalue weighted by atomic mass is 35.5. The largest absolute Gasteiger partial charge is 0.265 e. The van der Waals surface area contributed by atoms with Crippen molar-refractivity contribution < 1.29 is 0 Å². The molecule has 3 rings (SSSR count). The van der Waals surface area contributed by atoms with Gasteiger partial charge >= 0.3 is 0 Å². The lowest BCUT2D eigenvalue weighted by Gasteiger charge is -2.24. The molecular formula is C16H14ClNS2. The second-order valence-electron chi connectivity index (χ2n) is 4.59. The Labute approximate surface area is 132 Å². The van der Waals surface area contributed by atoms with Gasteiger partial charge in [-0.15, -0.1) is 23.5 Å². The molecule has 0 N–H and O–H groups in total. The summed E-state index contributed by atoms with van der Waals surface area (Å²) >= 11 is 9.83. The molecule has 0 saturated carbocycles. The monoisotopic (exact) mass is 319 g/mol. The molecule has 0 aromatic carbocycles. The van der Waals surface area contributed by atoms with Crippen molar-refractivity contribution in [3.63, 3.8) is 0 Å². The summed E-state index contributed by atoms with van der Waals surface area (Å²) in [6.07, 6.45) is 9.63. The van der Waals surface area contributed by atoms with Gasteiger partial charge < -0.3 is 0 Å². The van der Waals surface area contributed by atoms with Crippen LogP contribution in [0.1, 0.15) is 18.4 Å². The maximum Gasteiger partial charge on any atom is 0.0502 e. The Bertz CT molecular complexity index is 623. The highest BCUT2D eigenvalue weighted by Gasteiger charge is 2.22. The van der Waals surface area contributed by atoms with Crippen molar-refractivity contribution in [1.29, 1.82) is 0 Å². The molecule has 4 heteroatoms. The molecule has 20 heavy (non-hydrogen) atoms. The maximum absolute atomic E-state index is 6.04. The Morgan fingerprint density at radius 2 is 1.90 bits per heavy atom. The predicted octanol–water partition coefficient (Wildman–Crippen LogP) is 5.59. The molecule has 1 nitrogen and oxygen atoms in total. The highest BCUT2D eigenvalue weighted by molar-refractivity contribution is 8.37. The van der Waals surface area contributed by atoms with Crippen LogP contribution in [0, 0.1) is 0 Å². The van der Waals surface area contributed by atoms with Gasteiger partial charge in [0, 0.05) is 28.1 Å². The zero-order valence-electron chi connectivity index (χ0n) is 10.9. The quantitative estimate of drug-likeness (QED) is 0.721. The third-order valence-corrected chi connectivity index (χ3v) is 6.24. The van der Waals surface area contributed by atoms with Crippen molar-refractivity contribution in [2.24, 2.45) is 0 Å². The summed E-state index contributed by atoms with van der Waals surface area (Å²) < 4.78 is 1.36. The molecule has 1 saturated heterocycles. The molecule has 1 aromatic rings. The number of halogens is 1. The maximum atomic E-state index is 6.04. The van der Waals surface area contributed by atoms with Crippen molar-refractivity contribution in [2.45, 2.75) is 12.8 Å². The van der Waals surface area contributed by atoms with E-state index in [2.05, 4.69) is 29.8 Å². The Morgan fingerprint density at radius 3 is 2.45 bits per heavy atom. The van der Waals surface area contributed by atoms with Crippen LogP contribution in [0.2, 0.25) is 0 Å².